The summed E-state index contributed by atoms with van der Waals surface area (Å²) in [6.07, 6.45) is 1.37. The number of hydrogen-bond acceptors (Lipinski definition) is 3. The Kier molecular flexibility index (Phi) is 4.78. The van der Waals surface area contributed by atoms with Crippen LogP contribution < -0.4 is 11.3 Å². The highest BCUT2D eigenvalue weighted by molar-refractivity contribution is 5.82. The van der Waals surface area contributed by atoms with Crippen LogP contribution in [0.15, 0.2) is 24.3 Å². The summed E-state index contributed by atoms with van der Waals surface area (Å²) in [5.41, 5.74) is 4.47. The van der Waals surface area contributed by atoms with Crippen molar-refractivity contribution in [2.24, 2.45) is 17.7 Å². The lowest BCUT2D eigenvalue weighted by Crippen LogP contribution is -2.33. The molecule has 1 aliphatic rings. The molecule has 3 atom stereocenters. The fraction of sp³-hybridized carbons (Fsp3) is 0.562. The Morgan fingerprint density at radius 1 is 1.45 bits per heavy atom. The van der Waals surface area contributed by atoms with Crippen LogP contribution in [-0.2, 0) is 11.3 Å². The molecule has 3 unspecified atom stereocenters. The normalized spacial score (nSPS) is 22.6. The first-order chi connectivity index (χ1) is 9.51. The molecule has 4 nitrogen and oxygen atoms in total. The molecule has 1 amide bonds. The van der Waals surface area contributed by atoms with Crippen molar-refractivity contribution in [3.8, 4) is 0 Å². The van der Waals surface area contributed by atoms with Crippen molar-refractivity contribution in [3.05, 3.63) is 35.4 Å². The molecule has 0 aliphatic heterocycles. The summed E-state index contributed by atoms with van der Waals surface area (Å²) in [6, 6.07) is 8.23. The first-order valence-corrected chi connectivity index (χ1v) is 7.29. The van der Waals surface area contributed by atoms with E-state index >= 15 is 0 Å². The number of hydrogen-bond donors (Lipinski definition) is 2. The topological polar surface area (TPSA) is 58.4 Å². The number of rotatable bonds is 6. The second kappa shape index (κ2) is 6.37. The van der Waals surface area contributed by atoms with Gasteiger partial charge in [0.25, 0.3) is 0 Å². The number of carbonyl (C=O) groups excluding carboxylic acids is 1. The van der Waals surface area contributed by atoms with Gasteiger partial charge in [-0.05, 0) is 43.4 Å². The van der Waals surface area contributed by atoms with Gasteiger partial charge in [0, 0.05) is 13.1 Å². The largest absolute Gasteiger partial charge is 0.302 e. The fourth-order valence-corrected chi connectivity index (χ4v) is 2.62. The Morgan fingerprint density at radius 2 is 2.05 bits per heavy atom. The minimum Gasteiger partial charge on any atom is -0.302 e. The molecule has 1 saturated carbocycles. The summed E-state index contributed by atoms with van der Waals surface area (Å²) in [6.45, 7) is 6.31. The Labute approximate surface area is 121 Å². The maximum absolute atomic E-state index is 11.5. The predicted octanol–water partition coefficient (Wildman–Crippen LogP) is 1.87. The molecule has 0 saturated heterocycles. The molecule has 1 aliphatic carbocycles. The van der Waals surface area contributed by atoms with Crippen molar-refractivity contribution in [3.63, 3.8) is 0 Å². The van der Waals surface area contributed by atoms with Crippen LogP contribution in [-0.4, -0.2) is 24.4 Å². The predicted molar refractivity (Wildman–Crippen MR) is 80.8 cm³/mol. The number of nitrogens with one attached hydrogen (secondary N) is 1. The van der Waals surface area contributed by atoms with Crippen molar-refractivity contribution in [2.45, 2.75) is 32.7 Å². The van der Waals surface area contributed by atoms with E-state index in [0.717, 1.165) is 23.9 Å². The van der Waals surface area contributed by atoms with Gasteiger partial charge in [-0.15, -0.1) is 0 Å². The molecule has 3 N–H and O–H groups in total. The molecule has 110 valence electrons. The molecule has 1 aromatic rings. The van der Waals surface area contributed by atoms with Crippen LogP contribution in [0.1, 0.15) is 37.3 Å². The summed E-state index contributed by atoms with van der Waals surface area (Å²) < 4.78 is 0. The van der Waals surface area contributed by atoms with Gasteiger partial charge in [-0.3, -0.25) is 10.2 Å². The van der Waals surface area contributed by atoms with Crippen LogP contribution in [0.25, 0.3) is 0 Å². The zero-order valence-electron chi connectivity index (χ0n) is 12.6. The molecular formula is C16H25N3O. The Hall–Kier alpha value is -1.39. The minimum absolute atomic E-state index is 0.155. The average molecular weight is 275 g/mol. The van der Waals surface area contributed by atoms with Crippen LogP contribution in [0.2, 0.25) is 0 Å². The van der Waals surface area contributed by atoms with Gasteiger partial charge >= 0.3 is 0 Å². The van der Waals surface area contributed by atoms with Gasteiger partial charge < -0.3 is 4.90 Å². The lowest BCUT2D eigenvalue weighted by atomic mass is 9.99. The van der Waals surface area contributed by atoms with Gasteiger partial charge in [-0.25, -0.2) is 5.84 Å². The van der Waals surface area contributed by atoms with Crippen LogP contribution in [0.5, 0.6) is 0 Å². The van der Waals surface area contributed by atoms with E-state index in [2.05, 4.69) is 36.4 Å². The lowest BCUT2D eigenvalue weighted by molar-refractivity contribution is -0.122. The van der Waals surface area contributed by atoms with Crippen LogP contribution in [0.3, 0.4) is 0 Å². The van der Waals surface area contributed by atoms with Crippen LogP contribution >= 0.6 is 0 Å². The second-order valence-corrected chi connectivity index (χ2v) is 6.14. The van der Waals surface area contributed by atoms with E-state index in [9.17, 15) is 4.79 Å². The second-order valence-electron chi connectivity index (χ2n) is 6.14. The molecule has 20 heavy (non-hydrogen) atoms. The zero-order chi connectivity index (χ0) is 14.7. The summed E-state index contributed by atoms with van der Waals surface area (Å²) in [5.74, 6) is 6.58. The van der Waals surface area contributed by atoms with Crippen molar-refractivity contribution in [2.75, 3.05) is 13.6 Å². The van der Waals surface area contributed by atoms with E-state index < -0.39 is 0 Å². The molecular weight excluding hydrogens is 250 g/mol. The fourth-order valence-electron chi connectivity index (χ4n) is 2.62. The van der Waals surface area contributed by atoms with Crippen LogP contribution in [0.4, 0.5) is 0 Å². The number of carbonyl (C=O) groups is 1. The lowest BCUT2D eigenvalue weighted by Gasteiger charge is -2.17. The smallest absolute Gasteiger partial charge is 0.241 e. The number of nitrogens with zero attached hydrogens (tertiary/aromatic N) is 1. The SMILES string of the molecule is CC(C(=O)NN)c1ccc(CN(C)CC2CC2C)cc1. The van der Waals surface area contributed by atoms with Gasteiger partial charge in [-0.1, -0.05) is 31.2 Å². The number of nitrogens with two attached hydrogens (primary N) is 1. The average Bonchev–Trinajstić information content (AvgIpc) is 3.13. The maximum Gasteiger partial charge on any atom is 0.241 e. The van der Waals surface area contributed by atoms with E-state index in [1.165, 1.54) is 18.5 Å². The zero-order valence-corrected chi connectivity index (χ0v) is 12.6. The van der Waals surface area contributed by atoms with Gasteiger partial charge in [-0.2, -0.15) is 0 Å². The Balaban J connectivity index is 1.89. The molecule has 0 spiro atoms. The first-order valence-electron chi connectivity index (χ1n) is 7.29. The monoisotopic (exact) mass is 275 g/mol. The highest BCUT2D eigenvalue weighted by Crippen LogP contribution is 2.38. The van der Waals surface area contributed by atoms with E-state index in [-0.39, 0.29) is 11.8 Å². The van der Waals surface area contributed by atoms with Crippen LogP contribution in [0, 0.1) is 11.8 Å². The number of benzene rings is 1. The number of hydrazine groups is 1. The van der Waals surface area contributed by atoms with E-state index in [1.54, 1.807) is 0 Å². The molecule has 1 fully saturated rings. The molecule has 0 heterocycles. The van der Waals surface area contributed by atoms with E-state index in [4.69, 9.17) is 5.84 Å². The summed E-state index contributed by atoms with van der Waals surface area (Å²) in [4.78, 5) is 13.9. The standard InChI is InChI=1S/C16H25N3O/c1-11-8-15(11)10-19(3)9-13-4-6-14(7-5-13)12(2)16(20)18-17/h4-7,11-12,15H,8-10,17H2,1-3H3,(H,18,20). The minimum atomic E-state index is -0.209. The summed E-state index contributed by atoms with van der Waals surface area (Å²) in [7, 11) is 2.17. The highest BCUT2D eigenvalue weighted by Gasteiger charge is 2.32. The number of amides is 1. The molecule has 0 aromatic heterocycles. The third-order valence-electron chi connectivity index (χ3n) is 4.29. The molecule has 0 bridgehead atoms. The first kappa shape index (κ1) is 15.0. The van der Waals surface area contributed by atoms with E-state index in [0.29, 0.717) is 0 Å². The van der Waals surface area contributed by atoms with Crippen molar-refractivity contribution in [1.82, 2.24) is 10.3 Å². The summed E-state index contributed by atoms with van der Waals surface area (Å²) >= 11 is 0. The molecule has 2 rings (SSSR count). The highest BCUT2D eigenvalue weighted by atomic mass is 16.2. The van der Waals surface area contributed by atoms with Gasteiger partial charge in [0.1, 0.15) is 0 Å². The third kappa shape index (κ3) is 3.81. The Morgan fingerprint density at radius 3 is 2.55 bits per heavy atom. The molecule has 4 heteroatoms. The molecule has 0 radical (unpaired) electrons. The maximum atomic E-state index is 11.5. The van der Waals surface area contributed by atoms with Crippen molar-refractivity contribution >= 4 is 5.91 Å². The third-order valence-corrected chi connectivity index (χ3v) is 4.29. The quantitative estimate of drug-likeness (QED) is 0.473. The van der Waals surface area contributed by atoms with Gasteiger partial charge in [0.05, 0.1) is 5.92 Å². The van der Waals surface area contributed by atoms with Crippen molar-refractivity contribution < 1.29 is 4.79 Å². The van der Waals surface area contributed by atoms with E-state index in [1.807, 2.05) is 19.1 Å². The van der Waals surface area contributed by atoms with Crippen molar-refractivity contribution in [1.29, 1.82) is 0 Å². The van der Waals surface area contributed by atoms with Gasteiger partial charge in [0.15, 0.2) is 0 Å². The van der Waals surface area contributed by atoms with Gasteiger partial charge in [0.2, 0.25) is 5.91 Å². The summed E-state index contributed by atoms with van der Waals surface area (Å²) in [5, 5.41) is 0. The molecule has 1 aromatic carbocycles. The Bertz CT molecular complexity index is 457.